The van der Waals surface area contributed by atoms with Crippen LogP contribution in [0.1, 0.15) is 53.3 Å². The van der Waals surface area contributed by atoms with Crippen LogP contribution < -0.4 is 10.2 Å². The third kappa shape index (κ3) is 6.06. The molecular weight excluding hydrogens is 360 g/mol. The van der Waals surface area contributed by atoms with Gasteiger partial charge in [0, 0.05) is 42.4 Å². The van der Waals surface area contributed by atoms with Gasteiger partial charge in [0.2, 0.25) is 5.91 Å². The normalized spacial score (nSPS) is 12.4. The Morgan fingerprint density at radius 1 is 1.22 bits per heavy atom. The predicted octanol–water partition coefficient (Wildman–Crippen LogP) is 4.61. The van der Waals surface area contributed by atoms with E-state index in [4.69, 9.17) is 16.6 Å². The lowest BCUT2D eigenvalue weighted by molar-refractivity contribution is -0.121. The summed E-state index contributed by atoms with van der Waals surface area (Å²) in [6, 6.07) is 5.92. The Balaban J connectivity index is 2.33. The molecule has 0 bridgehead atoms. The molecule has 0 fully saturated rings. The molecule has 2 aromatic rings. The van der Waals surface area contributed by atoms with Crippen LogP contribution in [0.3, 0.4) is 0 Å². The Kier molecular flexibility index (Phi) is 7.84. The van der Waals surface area contributed by atoms with Gasteiger partial charge >= 0.3 is 0 Å². The molecule has 1 aromatic carbocycles. The summed E-state index contributed by atoms with van der Waals surface area (Å²) in [6.07, 6.45) is 2.12. The Labute approximate surface area is 167 Å². The lowest BCUT2D eigenvalue weighted by atomic mass is 10.1. The van der Waals surface area contributed by atoms with Crippen LogP contribution in [0.15, 0.2) is 18.2 Å². The Hall–Kier alpha value is -1.88. The molecule has 0 saturated heterocycles. The number of amides is 1. The van der Waals surface area contributed by atoms with Gasteiger partial charge in [-0.3, -0.25) is 4.79 Å². The number of benzene rings is 1. The zero-order valence-corrected chi connectivity index (χ0v) is 17.8. The van der Waals surface area contributed by atoms with Gasteiger partial charge in [-0.2, -0.15) is 0 Å². The number of aryl methyl sites for hydroxylation is 1. The fourth-order valence-electron chi connectivity index (χ4n) is 2.94. The summed E-state index contributed by atoms with van der Waals surface area (Å²) in [6.45, 7) is 11.9. The average molecular weight is 391 g/mol. The molecule has 0 aliphatic heterocycles. The van der Waals surface area contributed by atoms with Crippen molar-refractivity contribution < 1.29 is 4.79 Å². The van der Waals surface area contributed by atoms with Crippen molar-refractivity contribution in [3.63, 3.8) is 0 Å². The molecule has 0 saturated carbocycles. The molecular formula is C21H31ClN4O. The van der Waals surface area contributed by atoms with E-state index in [2.05, 4.69) is 36.0 Å². The molecule has 0 spiro atoms. The summed E-state index contributed by atoms with van der Waals surface area (Å²) in [7, 11) is 0. The minimum atomic E-state index is 0.0789. The Morgan fingerprint density at radius 2 is 1.96 bits per heavy atom. The molecule has 2 rings (SSSR count). The van der Waals surface area contributed by atoms with Crippen molar-refractivity contribution in [2.75, 3.05) is 18.0 Å². The summed E-state index contributed by atoms with van der Waals surface area (Å²) in [5.74, 6) is 2.20. The van der Waals surface area contributed by atoms with Gasteiger partial charge in [-0.05, 0) is 37.5 Å². The molecule has 1 unspecified atom stereocenters. The van der Waals surface area contributed by atoms with Gasteiger partial charge in [0.15, 0.2) is 0 Å². The van der Waals surface area contributed by atoms with E-state index >= 15 is 0 Å². The van der Waals surface area contributed by atoms with Crippen LogP contribution in [0.5, 0.6) is 0 Å². The third-order valence-corrected chi connectivity index (χ3v) is 4.75. The topological polar surface area (TPSA) is 58.1 Å². The predicted molar refractivity (Wildman–Crippen MR) is 113 cm³/mol. The van der Waals surface area contributed by atoms with Crippen LogP contribution in [0.25, 0.3) is 10.9 Å². The molecule has 0 aliphatic rings. The lowest BCUT2D eigenvalue weighted by Crippen LogP contribution is -2.37. The van der Waals surface area contributed by atoms with E-state index in [1.807, 2.05) is 32.0 Å². The van der Waals surface area contributed by atoms with Gasteiger partial charge in [-0.1, -0.05) is 39.3 Å². The van der Waals surface area contributed by atoms with E-state index < -0.39 is 0 Å². The largest absolute Gasteiger partial charge is 0.355 e. The molecule has 0 radical (unpaired) electrons. The number of anilines is 1. The number of carbonyl (C=O) groups is 1. The number of hydrogen-bond donors (Lipinski definition) is 1. The van der Waals surface area contributed by atoms with E-state index in [0.29, 0.717) is 23.9 Å². The Bertz CT molecular complexity index is 778. The van der Waals surface area contributed by atoms with Crippen LogP contribution >= 0.6 is 11.6 Å². The molecule has 1 atom stereocenters. The second kappa shape index (κ2) is 9.88. The quantitative estimate of drug-likeness (QED) is 0.679. The van der Waals surface area contributed by atoms with Gasteiger partial charge in [0.1, 0.15) is 11.6 Å². The lowest BCUT2D eigenvalue weighted by Gasteiger charge is -2.27. The maximum atomic E-state index is 12.3. The second-order valence-corrected chi connectivity index (χ2v) is 7.88. The monoisotopic (exact) mass is 390 g/mol. The van der Waals surface area contributed by atoms with E-state index in [0.717, 1.165) is 41.9 Å². The van der Waals surface area contributed by atoms with Crippen molar-refractivity contribution in [2.45, 2.75) is 59.9 Å². The SMILES string of the molecule is CCc1nc(N(CCC(=O)NC(C)CC)CC(C)C)c2ccc(Cl)cc2n1. The minimum absolute atomic E-state index is 0.0789. The summed E-state index contributed by atoms with van der Waals surface area (Å²) < 4.78 is 0. The van der Waals surface area contributed by atoms with Gasteiger partial charge in [0.05, 0.1) is 5.52 Å². The van der Waals surface area contributed by atoms with Crippen molar-refractivity contribution >= 4 is 34.2 Å². The molecule has 1 heterocycles. The summed E-state index contributed by atoms with van der Waals surface area (Å²) in [4.78, 5) is 23.9. The number of hydrogen-bond acceptors (Lipinski definition) is 4. The van der Waals surface area contributed by atoms with Crippen LogP contribution in [-0.2, 0) is 11.2 Å². The van der Waals surface area contributed by atoms with Gasteiger partial charge < -0.3 is 10.2 Å². The first-order chi connectivity index (χ1) is 12.8. The highest BCUT2D eigenvalue weighted by molar-refractivity contribution is 6.31. The smallest absolute Gasteiger partial charge is 0.221 e. The highest BCUT2D eigenvalue weighted by Crippen LogP contribution is 2.27. The van der Waals surface area contributed by atoms with Crippen LogP contribution in [0.2, 0.25) is 5.02 Å². The van der Waals surface area contributed by atoms with Crippen molar-refractivity contribution in [1.82, 2.24) is 15.3 Å². The highest BCUT2D eigenvalue weighted by atomic mass is 35.5. The van der Waals surface area contributed by atoms with Crippen LogP contribution in [0, 0.1) is 5.92 Å². The first kappa shape index (κ1) is 21.4. The maximum absolute atomic E-state index is 12.3. The van der Waals surface area contributed by atoms with E-state index in [1.165, 1.54) is 0 Å². The molecule has 148 valence electrons. The zero-order chi connectivity index (χ0) is 20.0. The fraction of sp³-hybridized carbons (Fsp3) is 0.571. The van der Waals surface area contributed by atoms with Crippen molar-refractivity contribution in [1.29, 1.82) is 0 Å². The summed E-state index contributed by atoms with van der Waals surface area (Å²) in [5, 5.41) is 4.68. The van der Waals surface area contributed by atoms with E-state index in [-0.39, 0.29) is 11.9 Å². The van der Waals surface area contributed by atoms with Gasteiger partial charge in [-0.25, -0.2) is 9.97 Å². The zero-order valence-electron chi connectivity index (χ0n) is 17.1. The minimum Gasteiger partial charge on any atom is -0.355 e. The molecule has 5 nitrogen and oxygen atoms in total. The van der Waals surface area contributed by atoms with Gasteiger partial charge in [0.25, 0.3) is 0 Å². The number of nitrogens with one attached hydrogen (secondary N) is 1. The number of halogens is 1. The average Bonchev–Trinajstić information content (AvgIpc) is 2.63. The number of fused-ring (bicyclic) bond motifs is 1. The molecule has 27 heavy (non-hydrogen) atoms. The first-order valence-electron chi connectivity index (χ1n) is 9.84. The van der Waals surface area contributed by atoms with Crippen molar-refractivity contribution in [3.8, 4) is 0 Å². The van der Waals surface area contributed by atoms with Crippen molar-refractivity contribution in [3.05, 3.63) is 29.0 Å². The molecule has 1 aromatic heterocycles. The van der Waals surface area contributed by atoms with Crippen LogP contribution in [0.4, 0.5) is 5.82 Å². The van der Waals surface area contributed by atoms with E-state index in [9.17, 15) is 4.79 Å². The molecule has 6 heteroatoms. The maximum Gasteiger partial charge on any atom is 0.221 e. The Morgan fingerprint density at radius 3 is 2.59 bits per heavy atom. The number of nitrogens with zero attached hydrogens (tertiary/aromatic N) is 3. The number of carbonyl (C=O) groups excluding carboxylic acids is 1. The highest BCUT2D eigenvalue weighted by Gasteiger charge is 2.17. The summed E-state index contributed by atoms with van der Waals surface area (Å²) >= 11 is 6.17. The molecule has 1 N–H and O–H groups in total. The summed E-state index contributed by atoms with van der Waals surface area (Å²) in [5.41, 5.74) is 0.849. The first-order valence-corrected chi connectivity index (χ1v) is 10.2. The fourth-order valence-corrected chi connectivity index (χ4v) is 3.11. The standard InChI is InChI=1S/C21H31ClN4O/c1-6-15(5)23-20(27)10-11-26(13-14(3)4)21-17-9-8-16(22)12-18(17)24-19(7-2)25-21/h8-9,12,14-15H,6-7,10-11,13H2,1-5H3,(H,23,27). The van der Waals surface area contributed by atoms with Crippen LogP contribution in [-0.4, -0.2) is 35.0 Å². The van der Waals surface area contributed by atoms with Gasteiger partial charge in [-0.15, -0.1) is 0 Å². The van der Waals surface area contributed by atoms with E-state index in [1.54, 1.807) is 0 Å². The molecule has 0 aliphatic carbocycles. The number of aromatic nitrogens is 2. The third-order valence-electron chi connectivity index (χ3n) is 4.51. The molecule has 1 amide bonds. The number of rotatable bonds is 9. The van der Waals surface area contributed by atoms with Crippen molar-refractivity contribution in [2.24, 2.45) is 5.92 Å². The second-order valence-electron chi connectivity index (χ2n) is 7.45.